The largest absolute Gasteiger partial charge is 0.493 e. The van der Waals surface area contributed by atoms with Crippen LogP contribution in [0, 0.1) is 5.92 Å². The number of ether oxygens (including phenoxy) is 3. The summed E-state index contributed by atoms with van der Waals surface area (Å²) in [7, 11) is 3.91. The summed E-state index contributed by atoms with van der Waals surface area (Å²) in [4.78, 5) is 23.7. The third-order valence-electron chi connectivity index (χ3n) is 7.73. The van der Waals surface area contributed by atoms with Gasteiger partial charge in [0.1, 0.15) is 23.5 Å². The number of hydrogen-bond acceptors (Lipinski definition) is 7. The van der Waals surface area contributed by atoms with Crippen molar-refractivity contribution >= 4 is 11.9 Å². The Morgan fingerprint density at radius 1 is 1.14 bits per heavy atom. The number of rotatable bonds is 3. The van der Waals surface area contributed by atoms with Gasteiger partial charge in [-0.3, -0.25) is 4.79 Å². The van der Waals surface area contributed by atoms with Crippen molar-refractivity contribution < 1.29 is 34.0 Å². The highest BCUT2D eigenvalue weighted by molar-refractivity contribution is 5.91. The van der Waals surface area contributed by atoms with Crippen LogP contribution in [-0.2, 0) is 16.6 Å². The molecule has 1 spiro atoms. The highest BCUT2D eigenvalue weighted by Gasteiger charge is 2.64. The van der Waals surface area contributed by atoms with E-state index in [2.05, 4.69) is 28.8 Å². The Labute approximate surface area is 203 Å². The van der Waals surface area contributed by atoms with E-state index in [0.717, 1.165) is 30.9 Å². The molecule has 1 fully saturated rings. The van der Waals surface area contributed by atoms with E-state index in [1.54, 1.807) is 19.2 Å². The van der Waals surface area contributed by atoms with Gasteiger partial charge in [-0.05, 0) is 50.2 Å². The lowest BCUT2D eigenvalue weighted by molar-refractivity contribution is -0.131. The van der Waals surface area contributed by atoms with Gasteiger partial charge in [-0.2, -0.15) is 0 Å². The molecule has 35 heavy (non-hydrogen) atoms. The van der Waals surface area contributed by atoms with Crippen molar-refractivity contribution in [2.75, 3.05) is 20.7 Å². The lowest BCUT2D eigenvalue weighted by atomic mass is 9.53. The van der Waals surface area contributed by atoms with E-state index >= 15 is 0 Å². The predicted molar refractivity (Wildman–Crippen MR) is 127 cm³/mol. The molecule has 8 nitrogen and oxygen atoms in total. The maximum Gasteiger partial charge on any atom is 0.339 e. The number of likely N-dealkylation sites (N-methyl/N-ethyl adjacent to an activating group) is 1. The minimum Gasteiger partial charge on any atom is -0.493 e. The molecule has 0 radical (unpaired) electrons. The summed E-state index contributed by atoms with van der Waals surface area (Å²) in [5, 5.41) is 19.2. The number of piperidine rings is 1. The number of methoxy groups -OCH3 is 1. The molecule has 5 atom stereocenters. The van der Waals surface area contributed by atoms with E-state index < -0.39 is 18.0 Å². The molecule has 2 aromatic carbocycles. The Balaban J connectivity index is 0.000000168. The first kappa shape index (κ1) is 23.4. The quantitative estimate of drug-likeness (QED) is 0.393. The number of carboxylic acid groups (broad SMARTS) is 1. The molecular weight excluding hydrogens is 450 g/mol. The van der Waals surface area contributed by atoms with Crippen LogP contribution in [0.25, 0.3) is 0 Å². The van der Waals surface area contributed by atoms with Crippen molar-refractivity contribution in [2.24, 2.45) is 5.92 Å². The van der Waals surface area contributed by atoms with Crippen LogP contribution in [0.1, 0.15) is 34.8 Å². The fourth-order valence-electron chi connectivity index (χ4n) is 6.28. The molecule has 2 N–H and O–H groups in total. The monoisotopic (exact) mass is 479 g/mol. The minimum atomic E-state index is -1.11. The maximum atomic E-state index is 10.6. The first-order valence-electron chi connectivity index (χ1n) is 11.7. The molecule has 8 heteroatoms. The van der Waals surface area contributed by atoms with Crippen LogP contribution in [0.5, 0.6) is 17.2 Å². The second-order valence-electron chi connectivity index (χ2n) is 9.51. The second kappa shape index (κ2) is 8.70. The van der Waals surface area contributed by atoms with Crippen LogP contribution in [0.15, 0.2) is 48.6 Å². The summed E-state index contributed by atoms with van der Waals surface area (Å²) >= 11 is 0. The van der Waals surface area contributed by atoms with E-state index in [-0.39, 0.29) is 22.8 Å². The molecule has 184 valence electrons. The first-order valence-corrected chi connectivity index (χ1v) is 11.7. The number of hydrogen-bond donors (Lipinski definition) is 2. The SMILES string of the molecule is CC(=O)Oc1ccccc1C(=O)O.COc1ccc2c3c1O[C@H]1[C@@H](O)C=C[C@H]4[C@@H](C2)N(C)CC[C@@]341. The van der Waals surface area contributed by atoms with Gasteiger partial charge < -0.3 is 29.3 Å². The van der Waals surface area contributed by atoms with Gasteiger partial charge in [-0.1, -0.05) is 30.4 Å². The number of aliphatic hydroxyl groups excluding tert-OH is 1. The maximum absolute atomic E-state index is 10.6. The highest BCUT2D eigenvalue weighted by Crippen LogP contribution is 2.62. The number of carboxylic acids is 1. The number of likely N-dealkylation sites (tertiary alicyclic amines) is 1. The van der Waals surface area contributed by atoms with E-state index in [4.69, 9.17) is 14.6 Å². The summed E-state index contributed by atoms with van der Waals surface area (Å²) in [5.41, 5.74) is 2.59. The van der Waals surface area contributed by atoms with Crippen molar-refractivity contribution in [2.45, 2.75) is 43.4 Å². The van der Waals surface area contributed by atoms with Crippen LogP contribution >= 0.6 is 0 Å². The normalized spacial score (nSPS) is 29.3. The van der Waals surface area contributed by atoms with Gasteiger partial charge >= 0.3 is 11.9 Å². The zero-order valence-corrected chi connectivity index (χ0v) is 19.9. The highest BCUT2D eigenvalue weighted by atomic mass is 16.5. The van der Waals surface area contributed by atoms with Crippen molar-refractivity contribution in [3.63, 3.8) is 0 Å². The fourth-order valence-corrected chi connectivity index (χ4v) is 6.28. The van der Waals surface area contributed by atoms with Crippen LogP contribution < -0.4 is 14.2 Å². The molecule has 0 amide bonds. The Hall–Kier alpha value is -3.36. The third-order valence-corrected chi connectivity index (χ3v) is 7.73. The van der Waals surface area contributed by atoms with Crippen LogP contribution in [0.3, 0.4) is 0 Å². The molecule has 4 aliphatic rings. The number of aliphatic hydroxyl groups is 1. The van der Waals surface area contributed by atoms with Gasteiger partial charge in [-0.25, -0.2) is 4.79 Å². The molecule has 2 bridgehead atoms. The van der Waals surface area contributed by atoms with Gasteiger partial charge in [0.25, 0.3) is 0 Å². The number of carbonyl (C=O) groups is 2. The van der Waals surface area contributed by atoms with E-state index in [1.165, 1.54) is 30.2 Å². The average molecular weight is 480 g/mol. The van der Waals surface area contributed by atoms with E-state index in [0.29, 0.717) is 12.0 Å². The average Bonchev–Trinajstić information content (AvgIpc) is 3.18. The zero-order chi connectivity index (χ0) is 24.9. The molecule has 2 aliphatic carbocycles. The summed E-state index contributed by atoms with van der Waals surface area (Å²) in [6.07, 6.45) is 5.54. The summed E-state index contributed by atoms with van der Waals surface area (Å²) in [6.45, 7) is 2.27. The first-order chi connectivity index (χ1) is 16.8. The molecule has 2 aliphatic heterocycles. The van der Waals surface area contributed by atoms with Gasteiger partial charge in [0.2, 0.25) is 0 Å². The standard InChI is InChI=1S/C18H21NO3.C9H8O4/c1-19-8-7-18-11-4-5-13(20)17(18)22-16-14(21-2)6-3-10(15(16)18)9-12(11)19;1-6(10)13-8-5-3-2-4-7(8)9(11)12/h3-6,11-13,17,20H,7-9H2,1-2H3;2-5H,1H3,(H,11,12)/t11-,12+,13-,17-,18-;/m0./s1. The smallest absolute Gasteiger partial charge is 0.339 e. The predicted octanol–water partition coefficient (Wildman–Crippen LogP) is 2.81. The Bertz CT molecular complexity index is 1210. The van der Waals surface area contributed by atoms with Gasteiger partial charge in [0.15, 0.2) is 11.5 Å². The van der Waals surface area contributed by atoms with Crippen LogP contribution in [-0.4, -0.2) is 66.0 Å². The number of nitrogens with zero attached hydrogens (tertiary/aromatic N) is 1. The van der Waals surface area contributed by atoms with Crippen molar-refractivity contribution in [3.8, 4) is 17.2 Å². The molecule has 0 aromatic heterocycles. The molecule has 6 rings (SSSR count). The summed E-state index contributed by atoms with van der Waals surface area (Å²) in [5.74, 6) is 0.514. The minimum absolute atomic E-state index is 0.0160. The zero-order valence-electron chi connectivity index (χ0n) is 19.9. The van der Waals surface area contributed by atoms with Crippen LogP contribution in [0.4, 0.5) is 0 Å². The van der Waals surface area contributed by atoms with E-state index in [9.17, 15) is 14.7 Å². The van der Waals surface area contributed by atoms with Crippen LogP contribution in [0.2, 0.25) is 0 Å². The topological polar surface area (TPSA) is 106 Å². The molecule has 0 saturated carbocycles. The van der Waals surface area contributed by atoms with Crippen molar-refractivity contribution in [1.82, 2.24) is 4.90 Å². The number of para-hydroxylation sites is 1. The number of benzene rings is 2. The van der Waals surface area contributed by atoms with E-state index in [1.807, 2.05) is 12.1 Å². The Morgan fingerprint density at radius 3 is 2.63 bits per heavy atom. The third kappa shape index (κ3) is 3.59. The van der Waals surface area contributed by atoms with Gasteiger partial charge in [-0.15, -0.1) is 0 Å². The van der Waals surface area contributed by atoms with Gasteiger partial charge in [0.05, 0.1) is 7.11 Å². The second-order valence-corrected chi connectivity index (χ2v) is 9.51. The molecule has 2 aromatic rings. The Kier molecular flexibility index (Phi) is 5.81. The lowest BCUT2D eigenvalue weighted by Gasteiger charge is -2.56. The number of esters is 1. The van der Waals surface area contributed by atoms with Gasteiger partial charge in [0, 0.05) is 29.9 Å². The summed E-state index contributed by atoms with van der Waals surface area (Å²) < 4.78 is 16.5. The molecule has 2 heterocycles. The summed E-state index contributed by atoms with van der Waals surface area (Å²) in [6, 6.07) is 10.7. The number of carbonyl (C=O) groups excluding carboxylic acids is 1. The molecule has 0 unspecified atom stereocenters. The van der Waals surface area contributed by atoms with Crippen molar-refractivity contribution in [1.29, 1.82) is 0 Å². The molecule has 1 saturated heterocycles. The fraction of sp³-hybridized carbons (Fsp3) is 0.407. The Morgan fingerprint density at radius 2 is 1.91 bits per heavy atom. The molecular formula is C27H29NO7. The number of aromatic carboxylic acids is 1. The lowest BCUT2D eigenvalue weighted by Crippen LogP contribution is -2.64. The van der Waals surface area contributed by atoms with Crippen molar-refractivity contribution in [3.05, 3.63) is 65.2 Å².